The fraction of sp³-hybridized carbons (Fsp3) is 0.500. The summed E-state index contributed by atoms with van der Waals surface area (Å²) >= 11 is 4.97. The monoisotopic (exact) mass is 290 g/mol. The van der Waals surface area contributed by atoms with E-state index in [1.165, 1.54) is 0 Å². The van der Waals surface area contributed by atoms with Gasteiger partial charge in [-0.3, -0.25) is 0 Å². The molecule has 0 bridgehead atoms. The lowest BCUT2D eigenvalue weighted by atomic mass is 10.2. The van der Waals surface area contributed by atoms with Crippen LogP contribution in [0.25, 0.3) is 0 Å². The van der Waals surface area contributed by atoms with Crippen molar-refractivity contribution in [3.05, 3.63) is 22.8 Å². The van der Waals surface area contributed by atoms with Crippen LogP contribution in [0, 0.1) is 0 Å². The number of rotatable bonds is 5. The molecule has 2 unspecified atom stereocenters. The average molecular weight is 291 g/mol. The number of aliphatic hydroxyl groups is 1. The van der Waals surface area contributed by atoms with Crippen molar-refractivity contribution in [2.24, 2.45) is 0 Å². The topological polar surface area (TPSA) is 45.1 Å². The number of nitrogens with zero attached hydrogens (tertiary/aromatic N) is 1. The first-order valence-corrected chi connectivity index (χ1v) is 6.78. The minimum absolute atomic E-state index is 0.170. The molecule has 0 saturated heterocycles. The Morgan fingerprint density at radius 2 is 2.33 bits per heavy atom. The molecule has 2 N–H and O–H groups in total. The van der Waals surface area contributed by atoms with Crippen LogP contribution in [-0.4, -0.2) is 34.2 Å². The van der Waals surface area contributed by atoms with Crippen LogP contribution in [0.3, 0.4) is 0 Å². The largest absolute Gasteiger partial charge is 0.395 e. The van der Waals surface area contributed by atoms with Crippen LogP contribution in [0.5, 0.6) is 0 Å². The van der Waals surface area contributed by atoms with Crippen LogP contribution in [0.2, 0.25) is 0 Å². The molecule has 1 heterocycles. The van der Waals surface area contributed by atoms with Crippen LogP contribution in [0.15, 0.2) is 22.8 Å². The van der Waals surface area contributed by atoms with E-state index in [0.717, 1.165) is 10.4 Å². The van der Waals surface area contributed by atoms with Crippen molar-refractivity contribution < 1.29 is 5.11 Å². The van der Waals surface area contributed by atoms with E-state index in [1.807, 2.05) is 31.4 Å². The van der Waals surface area contributed by atoms with E-state index in [2.05, 4.69) is 26.2 Å². The maximum Gasteiger partial charge on any atom is 0.127 e. The number of aromatic nitrogens is 1. The maximum absolute atomic E-state index is 9.14. The van der Waals surface area contributed by atoms with Gasteiger partial charge in [0, 0.05) is 11.3 Å². The third-order valence-electron chi connectivity index (χ3n) is 2.13. The summed E-state index contributed by atoms with van der Waals surface area (Å²) in [6, 6.07) is 5.91. The third kappa shape index (κ3) is 4.01. The third-order valence-corrected chi connectivity index (χ3v) is 3.74. The molecule has 0 amide bonds. The van der Waals surface area contributed by atoms with E-state index in [4.69, 9.17) is 5.11 Å². The van der Waals surface area contributed by atoms with E-state index in [1.54, 1.807) is 11.8 Å². The molecule has 0 aliphatic heterocycles. The minimum Gasteiger partial charge on any atom is -0.395 e. The summed E-state index contributed by atoms with van der Waals surface area (Å²) in [5.74, 6) is 0.823. The molecule has 1 rings (SSSR count). The molecule has 3 nitrogen and oxygen atoms in total. The van der Waals surface area contributed by atoms with Gasteiger partial charge in [-0.05, 0) is 41.2 Å². The smallest absolute Gasteiger partial charge is 0.127 e. The van der Waals surface area contributed by atoms with Gasteiger partial charge in [0.2, 0.25) is 0 Å². The molecule has 84 valence electrons. The highest BCUT2D eigenvalue weighted by atomic mass is 79.9. The van der Waals surface area contributed by atoms with Gasteiger partial charge >= 0.3 is 0 Å². The summed E-state index contributed by atoms with van der Waals surface area (Å²) in [5.41, 5.74) is 0. The van der Waals surface area contributed by atoms with Crippen LogP contribution in [0.1, 0.15) is 6.92 Å². The van der Waals surface area contributed by atoms with Gasteiger partial charge in [0.1, 0.15) is 10.4 Å². The van der Waals surface area contributed by atoms with Crippen molar-refractivity contribution in [1.82, 2.24) is 4.98 Å². The first-order valence-electron chi connectivity index (χ1n) is 4.70. The molecule has 0 aromatic carbocycles. The Morgan fingerprint density at radius 1 is 1.60 bits per heavy atom. The van der Waals surface area contributed by atoms with Crippen molar-refractivity contribution in [1.29, 1.82) is 0 Å². The zero-order chi connectivity index (χ0) is 11.3. The summed E-state index contributed by atoms with van der Waals surface area (Å²) in [6.07, 6.45) is 1.99. The van der Waals surface area contributed by atoms with E-state index >= 15 is 0 Å². The molecule has 1 aromatic rings. The van der Waals surface area contributed by atoms with Gasteiger partial charge in [0.05, 0.1) is 6.61 Å². The highest BCUT2D eigenvalue weighted by Crippen LogP contribution is 2.16. The Hall–Kier alpha value is -0.260. The van der Waals surface area contributed by atoms with Gasteiger partial charge in [-0.15, -0.1) is 0 Å². The molecule has 0 aliphatic carbocycles. The summed E-state index contributed by atoms with van der Waals surface area (Å²) < 4.78 is 0.810. The van der Waals surface area contributed by atoms with Crippen molar-refractivity contribution in [2.45, 2.75) is 18.2 Å². The summed E-state index contributed by atoms with van der Waals surface area (Å²) in [6.45, 7) is 2.21. The first kappa shape index (κ1) is 12.8. The predicted octanol–water partition coefficient (Wildman–Crippen LogP) is 2.37. The maximum atomic E-state index is 9.14. The quantitative estimate of drug-likeness (QED) is 0.818. The lowest BCUT2D eigenvalue weighted by Crippen LogP contribution is -2.31. The molecular weight excluding hydrogens is 276 g/mol. The second kappa shape index (κ2) is 6.35. The number of nitrogens with one attached hydrogen (secondary N) is 1. The van der Waals surface area contributed by atoms with Crippen LogP contribution in [0.4, 0.5) is 5.82 Å². The van der Waals surface area contributed by atoms with E-state index in [0.29, 0.717) is 0 Å². The van der Waals surface area contributed by atoms with Gasteiger partial charge in [-0.2, -0.15) is 11.8 Å². The molecule has 0 saturated carbocycles. The SMILES string of the molecule is CSC(CO)C(C)Nc1cccc(Br)n1. The molecule has 2 atom stereocenters. The molecule has 15 heavy (non-hydrogen) atoms. The zero-order valence-corrected chi connectivity index (χ0v) is 11.2. The second-order valence-corrected chi connectivity index (χ2v) is 5.12. The number of hydrogen-bond acceptors (Lipinski definition) is 4. The second-order valence-electron chi connectivity index (χ2n) is 3.24. The number of anilines is 1. The van der Waals surface area contributed by atoms with Crippen LogP contribution in [-0.2, 0) is 0 Å². The van der Waals surface area contributed by atoms with Crippen LogP contribution < -0.4 is 5.32 Å². The number of halogens is 1. The Bertz CT molecular complexity index is 307. The van der Waals surface area contributed by atoms with Crippen molar-refractivity contribution >= 4 is 33.5 Å². The molecule has 0 fully saturated rings. The number of aliphatic hydroxyl groups excluding tert-OH is 1. The number of hydrogen-bond donors (Lipinski definition) is 2. The summed E-state index contributed by atoms with van der Waals surface area (Å²) in [7, 11) is 0. The fourth-order valence-electron chi connectivity index (χ4n) is 1.25. The Balaban J connectivity index is 2.61. The van der Waals surface area contributed by atoms with Crippen molar-refractivity contribution in [3.63, 3.8) is 0 Å². The van der Waals surface area contributed by atoms with E-state index in [9.17, 15) is 0 Å². The lowest BCUT2D eigenvalue weighted by Gasteiger charge is -2.21. The molecule has 0 spiro atoms. The minimum atomic E-state index is 0.170. The molecule has 1 aromatic heterocycles. The fourth-order valence-corrected chi connectivity index (χ4v) is 2.22. The highest BCUT2D eigenvalue weighted by Gasteiger charge is 2.15. The van der Waals surface area contributed by atoms with Crippen molar-refractivity contribution in [3.8, 4) is 0 Å². The Morgan fingerprint density at radius 3 is 2.87 bits per heavy atom. The average Bonchev–Trinajstić information content (AvgIpc) is 2.19. The number of thioether (sulfide) groups is 1. The zero-order valence-electron chi connectivity index (χ0n) is 8.77. The molecule has 5 heteroatoms. The van der Waals surface area contributed by atoms with Crippen molar-refractivity contribution in [2.75, 3.05) is 18.2 Å². The highest BCUT2D eigenvalue weighted by molar-refractivity contribution is 9.10. The Kier molecular flexibility index (Phi) is 5.42. The normalized spacial score (nSPS) is 14.7. The molecule has 0 aliphatic rings. The van der Waals surface area contributed by atoms with Gasteiger partial charge in [-0.25, -0.2) is 4.98 Å². The van der Waals surface area contributed by atoms with Gasteiger partial charge < -0.3 is 10.4 Å². The van der Waals surface area contributed by atoms with Gasteiger partial charge in [0.15, 0.2) is 0 Å². The van der Waals surface area contributed by atoms with E-state index in [-0.39, 0.29) is 17.9 Å². The summed E-state index contributed by atoms with van der Waals surface area (Å²) in [4.78, 5) is 4.28. The van der Waals surface area contributed by atoms with Gasteiger partial charge in [0.25, 0.3) is 0 Å². The first-order chi connectivity index (χ1) is 7.17. The standard InChI is InChI=1S/C10H15BrN2OS/c1-7(8(6-14)15-2)12-10-5-3-4-9(11)13-10/h3-5,7-8,14H,6H2,1-2H3,(H,12,13). The Labute approximate surface area is 103 Å². The van der Waals surface area contributed by atoms with Crippen LogP contribution >= 0.6 is 27.7 Å². The number of pyridine rings is 1. The molecular formula is C10H15BrN2OS. The van der Waals surface area contributed by atoms with Gasteiger partial charge in [-0.1, -0.05) is 6.07 Å². The predicted molar refractivity (Wildman–Crippen MR) is 69.4 cm³/mol. The molecule has 0 radical (unpaired) electrons. The van der Waals surface area contributed by atoms with E-state index < -0.39 is 0 Å². The lowest BCUT2D eigenvalue weighted by molar-refractivity contribution is 0.288. The summed E-state index contributed by atoms with van der Waals surface area (Å²) in [5, 5.41) is 12.6.